The summed E-state index contributed by atoms with van der Waals surface area (Å²) in [5.41, 5.74) is 2.44. The number of methoxy groups -OCH3 is 1. The van der Waals surface area contributed by atoms with Gasteiger partial charge in [-0.3, -0.25) is 4.79 Å². The van der Waals surface area contributed by atoms with E-state index in [1.807, 2.05) is 24.3 Å². The fraction of sp³-hybridized carbons (Fsp3) is 0.261. The van der Waals surface area contributed by atoms with Gasteiger partial charge in [0.1, 0.15) is 5.78 Å². The molecule has 3 aromatic carbocycles. The van der Waals surface area contributed by atoms with Gasteiger partial charge in [-0.2, -0.15) is 0 Å². The van der Waals surface area contributed by atoms with Gasteiger partial charge in [0.25, 0.3) is 0 Å². The number of rotatable bonds is 8. The van der Waals surface area contributed by atoms with Crippen molar-refractivity contribution in [1.29, 1.82) is 0 Å². The third-order valence-corrected chi connectivity index (χ3v) is 4.65. The molecule has 2 nitrogen and oxygen atoms in total. The van der Waals surface area contributed by atoms with Gasteiger partial charge >= 0.3 is 0 Å². The van der Waals surface area contributed by atoms with Gasteiger partial charge in [0, 0.05) is 20.0 Å². The Kier molecular flexibility index (Phi) is 5.97. The lowest BCUT2D eigenvalue weighted by Gasteiger charge is -2.16. The highest BCUT2D eigenvalue weighted by molar-refractivity contribution is 5.86. The maximum atomic E-state index is 12.4. The smallest absolute Gasteiger partial charge is 0.135 e. The Hall–Kier alpha value is -2.45. The summed E-state index contributed by atoms with van der Waals surface area (Å²) in [6, 6.07) is 24.8. The van der Waals surface area contributed by atoms with E-state index in [2.05, 4.69) is 48.5 Å². The molecule has 0 heterocycles. The zero-order valence-electron chi connectivity index (χ0n) is 14.7. The zero-order chi connectivity index (χ0) is 17.5. The average molecular weight is 332 g/mol. The molecule has 128 valence electrons. The Bertz CT molecular complexity index is 818. The van der Waals surface area contributed by atoms with E-state index in [4.69, 9.17) is 4.74 Å². The summed E-state index contributed by atoms with van der Waals surface area (Å²) in [5, 5.41) is 2.47. The highest BCUT2D eigenvalue weighted by Crippen LogP contribution is 2.21. The molecule has 0 saturated heterocycles. The van der Waals surface area contributed by atoms with Crippen LogP contribution in [0, 0.1) is 0 Å². The van der Waals surface area contributed by atoms with Crippen LogP contribution in [0.4, 0.5) is 0 Å². The van der Waals surface area contributed by atoms with Crippen LogP contribution >= 0.6 is 0 Å². The Balaban J connectivity index is 1.61. The van der Waals surface area contributed by atoms with E-state index in [0.717, 1.165) is 12.8 Å². The Labute approximate surface area is 149 Å². The highest BCUT2D eigenvalue weighted by atomic mass is 16.5. The van der Waals surface area contributed by atoms with Crippen molar-refractivity contribution in [3.05, 3.63) is 83.9 Å². The van der Waals surface area contributed by atoms with E-state index in [-0.39, 0.29) is 11.9 Å². The summed E-state index contributed by atoms with van der Waals surface area (Å²) in [6.07, 6.45) is 2.51. The fourth-order valence-corrected chi connectivity index (χ4v) is 3.24. The molecule has 0 amide bonds. The lowest BCUT2D eigenvalue weighted by molar-refractivity contribution is -0.121. The van der Waals surface area contributed by atoms with Crippen LogP contribution in [0.15, 0.2) is 72.8 Å². The molecule has 0 radical (unpaired) electrons. The molecular weight excluding hydrogens is 308 g/mol. The zero-order valence-corrected chi connectivity index (χ0v) is 14.7. The van der Waals surface area contributed by atoms with Crippen molar-refractivity contribution in [3.63, 3.8) is 0 Å². The summed E-state index contributed by atoms with van der Waals surface area (Å²) in [6.45, 7) is 0. The number of hydrogen-bond acceptors (Lipinski definition) is 2. The number of hydrogen-bond donors (Lipinski definition) is 0. The number of ketones is 1. The molecule has 0 bridgehead atoms. The van der Waals surface area contributed by atoms with Gasteiger partial charge in [-0.25, -0.2) is 0 Å². The lowest BCUT2D eigenvalue weighted by atomic mass is 9.96. The maximum absolute atomic E-state index is 12.4. The molecule has 0 aromatic heterocycles. The van der Waals surface area contributed by atoms with E-state index >= 15 is 0 Å². The summed E-state index contributed by atoms with van der Waals surface area (Å²) in [4.78, 5) is 12.4. The molecule has 0 saturated carbocycles. The Morgan fingerprint density at radius 2 is 1.64 bits per heavy atom. The standard InChI is InChI=1S/C23H24O2/c1-25-22(17-21(24)15-14-18-8-3-2-4-9-18)16-20-12-7-11-19-10-5-6-13-23(19)20/h2-13,22H,14-17H2,1H3. The van der Waals surface area contributed by atoms with Crippen molar-refractivity contribution < 1.29 is 9.53 Å². The summed E-state index contributed by atoms with van der Waals surface area (Å²) in [5.74, 6) is 0.260. The molecule has 0 spiro atoms. The molecule has 3 aromatic rings. The molecule has 0 aliphatic heterocycles. The second-order valence-corrected chi connectivity index (χ2v) is 6.43. The van der Waals surface area contributed by atoms with Crippen LogP contribution in [0.2, 0.25) is 0 Å². The van der Waals surface area contributed by atoms with Crippen molar-refractivity contribution in [2.45, 2.75) is 31.8 Å². The first kappa shape index (κ1) is 17.4. The monoisotopic (exact) mass is 332 g/mol. The number of carbonyl (C=O) groups excluding carboxylic acids is 1. The van der Waals surface area contributed by atoms with Gasteiger partial charge in [-0.05, 0) is 34.7 Å². The van der Waals surface area contributed by atoms with E-state index in [9.17, 15) is 4.79 Å². The molecule has 25 heavy (non-hydrogen) atoms. The first-order valence-electron chi connectivity index (χ1n) is 8.81. The third-order valence-electron chi connectivity index (χ3n) is 4.65. The normalized spacial score (nSPS) is 12.2. The summed E-state index contributed by atoms with van der Waals surface area (Å²) in [7, 11) is 1.69. The predicted octanol–water partition coefficient (Wildman–Crippen LogP) is 4.99. The van der Waals surface area contributed by atoms with Crippen molar-refractivity contribution >= 4 is 16.6 Å². The van der Waals surface area contributed by atoms with Crippen LogP contribution in [-0.2, 0) is 22.4 Å². The number of fused-ring (bicyclic) bond motifs is 1. The number of aryl methyl sites for hydroxylation is 1. The summed E-state index contributed by atoms with van der Waals surface area (Å²) < 4.78 is 5.61. The van der Waals surface area contributed by atoms with Crippen molar-refractivity contribution in [1.82, 2.24) is 0 Å². The number of benzene rings is 3. The van der Waals surface area contributed by atoms with Crippen LogP contribution in [0.25, 0.3) is 10.8 Å². The molecule has 2 heteroatoms. The predicted molar refractivity (Wildman–Crippen MR) is 103 cm³/mol. The van der Waals surface area contributed by atoms with E-state index in [1.54, 1.807) is 7.11 Å². The van der Waals surface area contributed by atoms with Gasteiger partial charge < -0.3 is 4.74 Å². The minimum absolute atomic E-state index is 0.0749. The molecule has 0 aliphatic carbocycles. The van der Waals surface area contributed by atoms with Gasteiger partial charge in [0.2, 0.25) is 0 Å². The average Bonchev–Trinajstić information content (AvgIpc) is 2.67. The molecule has 1 unspecified atom stereocenters. The van der Waals surface area contributed by atoms with Crippen molar-refractivity contribution in [2.75, 3.05) is 7.11 Å². The van der Waals surface area contributed by atoms with Crippen LogP contribution < -0.4 is 0 Å². The molecule has 0 fully saturated rings. The van der Waals surface area contributed by atoms with E-state index in [0.29, 0.717) is 12.8 Å². The topological polar surface area (TPSA) is 26.3 Å². The molecule has 0 N–H and O–H groups in total. The van der Waals surface area contributed by atoms with Crippen molar-refractivity contribution in [3.8, 4) is 0 Å². The minimum atomic E-state index is -0.0749. The van der Waals surface area contributed by atoms with Gasteiger partial charge in [0.15, 0.2) is 0 Å². The number of ether oxygens (including phenoxy) is 1. The number of carbonyl (C=O) groups is 1. The molecule has 3 rings (SSSR count). The second kappa shape index (κ2) is 8.59. The van der Waals surface area contributed by atoms with Crippen LogP contribution in [-0.4, -0.2) is 19.0 Å². The van der Waals surface area contributed by atoms with Gasteiger partial charge in [-0.1, -0.05) is 72.8 Å². The fourth-order valence-electron chi connectivity index (χ4n) is 3.24. The highest BCUT2D eigenvalue weighted by Gasteiger charge is 2.15. The van der Waals surface area contributed by atoms with Crippen LogP contribution in [0.5, 0.6) is 0 Å². The first-order chi connectivity index (χ1) is 12.3. The SMILES string of the molecule is COC(CC(=O)CCc1ccccc1)Cc1cccc2ccccc12. The Morgan fingerprint density at radius 1 is 0.920 bits per heavy atom. The summed E-state index contributed by atoms with van der Waals surface area (Å²) >= 11 is 0. The molecular formula is C23H24O2. The molecule has 0 aliphatic rings. The minimum Gasteiger partial charge on any atom is -0.381 e. The van der Waals surface area contributed by atoms with Crippen LogP contribution in [0.1, 0.15) is 24.0 Å². The maximum Gasteiger partial charge on any atom is 0.135 e. The van der Waals surface area contributed by atoms with Gasteiger partial charge in [0.05, 0.1) is 6.10 Å². The van der Waals surface area contributed by atoms with Gasteiger partial charge in [-0.15, -0.1) is 0 Å². The largest absolute Gasteiger partial charge is 0.381 e. The van der Waals surface area contributed by atoms with E-state index < -0.39 is 0 Å². The van der Waals surface area contributed by atoms with E-state index in [1.165, 1.54) is 21.9 Å². The first-order valence-corrected chi connectivity index (χ1v) is 8.81. The second-order valence-electron chi connectivity index (χ2n) is 6.43. The van der Waals surface area contributed by atoms with Crippen LogP contribution in [0.3, 0.4) is 0 Å². The quantitative estimate of drug-likeness (QED) is 0.581. The number of Topliss-reactive ketones (excluding diaryl/α,β-unsaturated/α-hetero) is 1. The Morgan fingerprint density at radius 3 is 2.44 bits per heavy atom. The third kappa shape index (κ3) is 4.77. The lowest BCUT2D eigenvalue weighted by Crippen LogP contribution is -2.19. The van der Waals surface area contributed by atoms with Crippen molar-refractivity contribution in [2.24, 2.45) is 0 Å². The molecule has 1 atom stereocenters.